The molecule has 0 atom stereocenters. The number of fused-ring (bicyclic) bond motifs is 1. The maximum Gasteiger partial charge on any atom is 0.281 e. The fraction of sp³-hybridized carbons (Fsp3) is 0.136. The predicted molar refractivity (Wildman–Crippen MR) is 113 cm³/mol. The average Bonchev–Trinajstić information content (AvgIpc) is 3.31. The first-order valence-corrected chi connectivity index (χ1v) is 9.69. The molecule has 140 valence electrons. The molecule has 0 unspecified atom stereocenters. The van der Waals surface area contributed by atoms with Crippen LogP contribution in [0.25, 0.3) is 10.2 Å². The molecule has 0 aliphatic heterocycles. The Hall–Kier alpha value is -3.25. The molecule has 0 aliphatic carbocycles. The van der Waals surface area contributed by atoms with Gasteiger partial charge in [0, 0.05) is 5.56 Å². The molecule has 2 aromatic heterocycles. The molecule has 2 aromatic carbocycles. The van der Waals surface area contributed by atoms with Crippen molar-refractivity contribution in [1.82, 2.24) is 4.98 Å². The summed E-state index contributed by atoms with van der Waals surface area (Å²) in [6, 6.07) is 15.3. The second kappa shape index (κ2) is 7.40. The molecule has 0 saturated heterocycles. The van der Waals surface area contributed by atoms with E-state index in [-0.39, 0.29) is 5.91 Å². The Morgan fingerprint density at radius 3 is 2.64 bits per heavy atom. The number of anilines is 1. The number of hydrazone groups is 1. The molecule has 0 N–H and O–H groups in total. The van der Waals surface area contributed by atoms with Crippen molar-refractivity contribution >= 4 is 38.8 Å². The summed E-state index contributed by atoms with van der Waals surface area (Å²) in [6.07, 6.45) is 3.09. The third kappa shape index (κ3) is 3.59. The highest BCUT2D eigenvalue weighted by molar-refractivity contribution is 7.22. The maximum atomic E-state index is 13.3. The normalized spacial score (nSPS) is 11.4. The highest BCUT2D eigenvalue weighted by Gasteiger charge is 2.22. The molecule has 4 rings (SSSR count). The number of nitrogens with zero attached hydrogens (tertiary/aromatic N) is 3. The smallest absolute Gasteiger partial charge is 0.281 e. The Balaban J connectivity index is 1.79. The van der Waals surface area contributed by atoms with Crippen LogP contribution in [0.15, 0.2) is 64.3 Å². The summed E-state index contributed by atoms with van der Waals surface area (Å²) < 4.78 is 6.33. The summed E-state index contributed by atoms with van der Waals surface area (Å²) >= 11 is 1.44. The number of aromatic nitrogens is 1. The molecular weight excluding hydrogens is 370 g/mol. The summed E-state index contributed by atoms with van der Waals surface area (Å²) in [5, 5.41) is 6.28. The number of amides is 1. The van der Waals surface area contributed by atoms with E-state index in [2.05, 4.69) is 16.2 Å². The van der Waals surface area contributed by atoms with Gasteiger partial charge in [-0.1, -0.05) is 35.1 Å². The quantitative estimate of drug-likeness (QED) is 0.342. The molecule has 0 bridgehead atoms. The van der Waals surface area contributed by atoms with Gasteiger partial charge in [0.2, 0.25) is 5.13 Å². The third-order valence-corrected chi connectivity index (χ3v) is 5.36. The molecule has 2 heterocycles. The third-order valence-electron chi connectivity index (χ3n) is 4.36. The van der Waals surface area contributed by atoms with Gasteiger partial charge in [0.15, 0.2) is 0 Å². The summed E-state index contributed by atoms with van der Waals surface area (Å²) in [7, 11) is 0. The van der Waals surface area contributed by atoms with Gasteiger partial charge in [0.1, 0.15) is 5.76 Å². The van der Waals surface area contributed by atoms with Crippen molar-refractivity contribution in [2.24, 2.45) is 5.10 Å². The van der Waals surface area contributed by atoms with Crippen molar-refractivity contribution in [2.75, 3.05) is 5.01 Å². The summed E-state index contributed by atoms with van der Waals surface area (Å²) in [6.45, 7) is 5.97. The molecular formula is C22H19N3O2S. The molecule has 1 amide bonds. The zero-order chi connectivity index (χ0) is 19.7. The second-order valence-corrected chi connectivity index (χ2v) is 7.67. The molecule has 4 aromatic rings. The highest BCUT2D eigenvalue weighted by atomic mass is 32.1. The van der Waals surface area contributed by atoms with E-state index in [1.54, 1.807) is 18.4 Å². The van der Waals surface area contributed by atoms with E-state index in [4.69, 9.17) is 4.42 Å². The predicted octanol–water partition coefficient (Wildman–Crippen LogP) is 5.50. The van der Waals surface area contributed by atoms with Gasteiger partial charge in [-0.15, -0.1) is 0 Å². The van der Waals surface area contributed by atoms with E-state index < -0.39 is 0 Å². The molecule has 5 nitrogen and oxygen atoms in total. The number of carbonyl (C=O) groups excluding carboxylic acids is 1. The molecule has 0 radical (unpaired) electrons. The minimum Gasteiger partial charge on any atom is -0.463 e. The Kier molecular flexibility index (Phi) is 4.79. The van der Waals surface area contributed by atoms with E-state index in [1.807, 2.05) is 51.1 Å². The lowest BCUT2D eigenvalue weighted by molar-refractivity contribution is 0.0987. The summed E-state index contributed by atoms with van der Waals surface area (Å²) in [4.78, 5) is 18.0. The van der Waals surface area contributed by atoms with Gasteiger partial charge < -0.3 is 4.42 Å². The van der Waals surface area contributed by atoms with Crippen molar-refractivity contribution in [2.45, 2.75) is 20.8 Å². The zero-order valence-electron chi connectivity index (χ0n) is 15.8. The number of carbonyl (C=O) groups is 1. The second-order valence-electron chi connectivity index (χ2n) is 6.66. The van der Waals surface area contributed by atoms with Crippen molar-refractivity contribution < 1.29 is 9.21 Å². The summed E-state index contributed by atoms with van der Waals surface area (Å²) in [5.41, 5.74) is 4.60. The zero-order valence-corrected chi connectivity index (χ0v) is 16.7. The van der Waals surface area contributed by atoms with Gasteiger partial charge in [0.25, 0.3) is 5.91 Å². The van der Waals surface area contributed by atoms with Crippen LogP contribution in [-0.4, -0.2) is 17.1 Å². The molecule has 0 saturated carbocycles. The van der Waals surface area contributed by atoms with Crippen molar-refractivity contribution in [3.8, 4) is 0 Å². The highest BCUT2D eigenvalue weighted by Crippen LogP contribution is 2.31. The van der Waals surface area contributed by atoms with Crippen LogP contribution >= 0.6 is 11.3 Å². The number of aryl methyl sites for hydroxylation is 3. The van der Waals surface area contributed by atoms with Gasteiger partial charge >= 0.3 is 0 Å². The van der Waals surface area contributed by atoms with Crippen LogP contribution in [0.5, 0.6) is 0 Å². The first-order valence-electron chi connectivity index (χ1n) is 8.87. The van der Waals surface area contributed by atoms with Crippen LogP contribution in [0, 0.1) is 20.8 Å². The van der Waals surface area contributed by atoms with Gasteiger partial charge in [-0.25, -0.2) is 4.98 Å². The van der Waals surface area contributed by atoms with Crippen molar-refractivity contribution in [3.63, 3.8) is 0 Å². The van der Waals surface area contributed by atoms with Crippen LogP contribution in [0.1, 0.15) is 32.8 Å². The van der Waals surface area contributed by atoms with Gasteiger partial charge in [-0.3, -0.25) is 4.79 Å². The standard InChI is InChI=1S/C22H19N3O2S/c1-14-6-8-18(16(3)11-14)21(26)25(23-13-17-5-4-10-27-17)22-24-19-9-7-15(2)12-20(19)28-22/h4-13H,1-3H3/b23-13-. The average molecular weight is 389 g/mol. The monoisotopic (exact) mass is 389 g/mol. The first kappa shape index (κ1) is 18.1. The Labute approximate surface area is 166 Å². The minimum absolute atomic E-state index is 0.226. The lowest BCUT2D eigenvalue weighted by atomic mass is 10.1. The molecule has 28 heavy (non-hydrogen) atoms. The number of rotatable bonds is 4. The van der Waals surface area contributed by atoms with Gasteiger partial charge in [-0.05, 0) is 62.2 Å². The van der Waals surface area contributed by atoms with E-state index in [1.165, 1.54) is 22.6 Å². The number of hydrogen-bond donors (Lipinski definition) is 0. The van der Waals surface area contributed by atoms with Gasteiger partial charge in [0.05, 0.1) is 22.7 Å². The minimum atomic E-state index is -0.226. The fourth-order valence-electron chi connectivity index (χ4n) is 2.95. The van der Waals surface area contributed by atoms with Gasteiger partial charge in [-0.2, -0.15) is 10.1 Å². The van der Waals surface area contributed by atoms with E-state index in [9.17, 15) is 4.79 Å². The molecule has 0 spiro atoms. The van der Waals surface area contributed by atoms with Crippen LogP contribution in [0.3, 0.4) is 0 Å². The Bertz CT molecular complexity index is 1180. The lowest BCUT2D eigenvalue weighted by Gasteiger charge is -2.15. The number of thiazole rings is 1. The number of benzene rings is 2. The molecule has 0 fully saturated rings. The van der Waals surface area contributed by atoms with E-state index in [0.29, 0.717) is 16.5 Å². The first-order chi connectivity index (χ1) is 13.5. The van der Waals surface area contributed by atoms with Crippen LogP contribution in [0.4, 0.5) is 5.13 Å². The van der Waals surface area contributed by atoms with Crippen LogP contribution in [-0.2, 0) is 0 Å². The van der Waals surface area contributed by atoms with Crippen LogP contribution in [0.2, 0.25) is 0 Å². The summed E-state index contributed by atoms with van der Waals surface area (Å²) in [5.74, 6) is 0.339. The van der Waals surface area contributed by atoms with Crippen molar-refractivity contribution in [1.29, 1.82) is 0 Å². The lowest BCUT2D eigenvalue weighted by Crippen LogP contribution is -2.26. The maximum absolute atomic E-state index is 13.3. The SMILES string of the molecule is Cc1ccc(C(=O)N(/N=C\c2ccco2)c2nc3ccc(C)cc3s2)c(C)c1. The topological polar surface area (TPSA) is 58.7 Å². The van der Waals surface area contributed by atoms with E-state index in [0.717, 1.165) is 26.9 Å². The van der Waals surface area contributed by atoms with E-state index >= 15 is 0 Å². The molecule has 0 aliphatic rings. The Morgan fingerprint density at radius 1 is 1.11 bits per heavy atom. The van der Waals surface area contributed by atoms with Crippen LogP contribution < -0.4 is 5.01 Å². The fourth-order valence-corrected chi connectivity index (χ4v) is 3.97. The molecule has 6 heteroatoms. The number of hydrogen-bond acceptors (Lipinski definition) is 5. The van der Waals surface area contributed by atoms with Crippen molar-refractivity contribution in [3.05, 3.63) is 82.8 Å². The number of furan rings is 1. The Morgan fingerprint density at radius 2 is 1.89 bits per heavy atom. The largest absolute Gasteiger partial charge is 0.463 e.